The number of phenols is 1. The Bertz CT molecular complexity index is 1160. The zero-order chi connectivity index (χ0) is 23.4. The van der Waals surface area contributed by atoms with Crippen molar-refractivity contribution >= 4 is 22.9 Å². The fourth-order valence-corrected chi connectivity index (χ4v) is 3.79. The monoisotopic (exact) mass is 450 g/mol. The third-order valence-electron chi connectivity index (χ3n) is 5.47. The van der Waals surface area contributed by atoms with Crippen molar-refractivity contribution < 1.29 is 5.11 Å². The van der Waals surface area contributed by atoms with Crippen molar-refractivity contribution in [1.29, 1.82) is 0 Å². The van der Waals surface area contributed by atoms with E-state index in [0.717, 1.165) is 43.6 Å². The van der Waals surface area contributed by atoms with Gasteiger partial charge in [-0.15, -0.1) is 5.10 Å². The molecule has 11 heteroatoms. The Morgan fingerprint density at radius 1 is 1.27 bits per heavy atom. The van der Waals surface area contributed by atoms with E-state index >= 15 is 0 Å². The quantitative estimate of drug-likeness (QED) is 0.187. The molecule has 0 radical (unpaired) electrons. The van der Waals surface area contributed by atoms with Crippen molar-refractivity contribution in [1.82, 2.24) is 19.5 Å². The molecule has 1 fully saturated rings. The summed E-state index contributed by atoms with van der Waals surface area (Å²) in [7, 11) is 0. The molecule has 1 aromatic carbocycles. The van der Waals surface area contributed by atoms with E-state index in [4.69, 9.17) is 11.5 Å². The summed E-state index contributed by atoms with van der Waals surface area (Å²) in [6, 6.07) is 7.25. The maximum absolute atomic E-state index is 10.2. The van der Waals surface area contributed by atoms with Crippen LogP contribution in [0.1, 0.15) is 37.8 Å². The summed E-state index contributed by atoms with van der Waals surface area (Å²) in [4.78, 5) is 6.85. The molecule has 3 heterocycles. The van der Waals surface area contributed by atoms with Gasteiger partial charge in [-0.1, -0.05) is 0 Å². The Hall–Kier alpha value is -3.57. The molecule has 4 rings (SSSR count). The lowest BCUT2D eigenvalue weighted by Gasteiger charge is -2.29. The predicted octanol–water partition coefficient (Wildman–Crippen LogP) is 2.58. The summed E-state index contributed by atoms with van der Waals surface area (Å²) >= 11 is 0. The number of rotatable bonds is 7. The minimum Gasteiger partial charge on any atom is -0.508 e. The van der Waals surface area contributed by atoms with Gasteiger partial charge in [-0.3, -0.25) is 4.90 Å². The lowest BCUT2D eigenvalue weighted by molar-refractivity contribution is 0.206. The topological polar surface area (TPSA) is 155 Å². The fraction of sp³-hybridized carbons (Fsp3) is 0.409. The molecule has 0 unspecified atom stereocenters. The van der Waals surface area contributed by atoms with Crippen molar-refractivity contribution in [3.63, 3.8) is 0 Å². The van der Waals surface area contributed by atoms with Gasteiger partial charge in [0.15, 0.2) is 11.7 Å². The summed E-state index contributed by atoms with van der Waals surface area (Å²) in [5, 5.41) is 29.5. The van der Waals surface area contributed by atoms with Crippen LogP contribution in [0.3, 0.4) is 0 Å². The van der Waals surface area contributed by atoms with Crippen LogP contribution < -0.4 is 16.8 Å². The number of aromatic hydroxyl groups is 1. The first kappa shape index (κ1) is 22.6. The lowest BCUT2D eigenvalue weighted by atomic mass is 10.1. The first-order valence-corrected chi connectivity index (χ1v) is 11.0. The molecule has 33 heavy (non-hydrogen) atoms. The van der Waals surface area contributed by atoms with Crippen molar-refractivity contribution in [3.05, 3.63) is 47.9 Å². The van der Waals surface area contributed by atoms with E-state index in [9.17, 15) is 5.11 Å². The first-order valence-electron chi connectivity index (χ1n) is 11.0. The number of nitrogens with one attached hydrogen (secondary N) is 1. The van der Waals surface area contributed by atoms with Gasteiger partial charge in [-0.05, 0) is 68.8 Å². The summed E-state index contributed by atoms with van der Waals surface area (Å²) in [5.41, 5.74) is 15.2. The number of nitrogens with two attached hydrogens (primary N) is 2. The van der Waals surface area contributed by atoms with Gasteiger partial charge in [0, 0.05) is 36.1 Å². The standard InChI is InChI=1S/C22H30N10O/c1-14(2)28-30-29-21(24)16-9-18(11-19(33)10-16)27-22-20-15(3-8-32(20)26-13-25-22)12-31-6-4-17(23)5-7-31/h3,8-11,13-14,17,33H,4-7,12,23H2,1-2H3,(H2,24,28,29)(H,25,26,27). The molecule has 1 aliphatic heterocycles. The highest BCUT2D eigenvalue weighted by Crippen LogP contribution is 2.27. The molecule has 0 amide bonds. The number of likely N-dealkylation sites (tertiary alicyclic amines) is 1. The van der Waals surface area contributed by atoms with Crippen LogP contribution in [-0.2, 0) is 6.54 Å². The van der Waals surface area contributed by atoms with Gasteiger partial charge in [-0.25, -0.2) is 9.50 Å². The number of fused-ring (bicyclic) bond motifs is 1. The molecule has 0 atom stereocenters. The number of aromatic nitrogens is 3. The highest BCUT2D eigenvalue weighted by Gasteiger charge is 2.19. The summed E-state index contributed by atoms with van der Waals surface area (Å²) in [5.74, 6) is 0.822. The molecule has 174 valence electrons. The van der Waals surface area contributed by atoms with Crippen LogP contribution in [0, 0.1) is 0 Å². The Morgan fingerprint density at radius 3 is 2.82 bits per heavy atom. The molecule has 0 spiro atoms. The van der Waals surface area contributed by atoms with Gasteiger partial charge in [-0.2, -0.15) is 10.2 Å². The SMILES string of the molecule is CC(C)N=NN=C(N)c1cc(O)cc(Nc2ncnn3ccc(CN4CCC(N)CC4)c23)c1. The maximum Gasteiger partial charge on any atom is 0.158 e. The van der Waals surface area contributed by atoms with Gasteiger partial charge in [0.2, 0.25) is 0 Å². The predicted molar refractivity (Wildman–Crippen MR) is 128 cm³/mol. The van der Waals surface area contributed by atoms with Crippen molar-refractivity contribution in [2.75, 3.05) is 18.4 Å². The second-order valence-corrected chi connectivity index (χ2v) is 8.53. The third-order valence-corrected chi connectivity index (χ3v) is 5.47. The normalized spacial score (nSPS) is 16.3. The zero-order valence-corrected chi connectivity index (χ0v) is 18.9. The van der Waals surface area contributed by atoms with Crippen molar-refractivity contribution in [2.45, 2.75) is 45.3 Å². The Kier molecular flexibility index (Phi) is 6.80. The smallest absolute Gasteiger partial charge is 0.158 e. The van der Waals surface area contributed by atoms with E-state index in [1.807, 2.05) is 20.0 Å². The van der Waals surface area contributed by atoms with E-state index in [1.54, 1.807) is 16.6 Å². The average Bonchev–Trinajstić information content (AvgIpc) is 3.18. The highest BCUT2D eigenvalue weighted by atomic mass is 16.3. The number of piperidine rings is 1. The minimum absolute atomic E-state index is 0.0149. The van der Waals surface area contributed by atoms with Crippen molar-refractivity contribution in [3.8, 4) is 5.75 Å². The number of phenolic OH excluding ortho intramolecular Hbond substituents is 1. The summed E-state index contributed by atoms with van der Waals surface area (Å²) in [6.07, 6.45) is 5.41. The molecule has 1 saturated heterocycles. The number of hydrogen-bond acceptors (Lipinski definition) is 8. The second kappa shape index (κ2) is 9.92. The molecule has 11 nitrogen and oxygen atoms in total. The van der Waals surface area contributed by atoms with E-state index in [0.29, 0.717) is 17.1 Å². The Labute approximate surface area is 192 Å². The number of amidine groups is 1. The van der Waals surface area contributed by atoms with Crippen LogP contribution in [-0.4, -0.2) is 55.6 Å². The number of benzene rings is 1. The Balaban J connectivity index is 1.60. The van der Waals surface area contributed by atoms with Crippen LogP contribution in [0.15, 0.2) is 52.2 Å². The van der Waals surface area contributed by atoms with Gasteiger partial charge in [0.05, 0.1) is 6.04 Å². The average molecular weight is 451 g/mol. The second-order valence-electron chi connectivity index (χ2n) is 8.53. The molecular weight excluding hydrogens is 420 g/mol. The van der Waals surface area contributed by atoms with Crippen LogP contribution in [0.4, 0.5) is 11.5 Å². The van der Waals surface area contributed by atoms with Gasteiger partial charge < -0.3 is 21.9 Å². The molecule has 2 aromatic heterocycles. The molecule has 6 N–H and O–H groups in total. The number of nitrogens with zero attached hydrogens (tertiary/aromatic N) is 7. The molecule has 0 saturated carbocycles. The first-order chi connectivity index (χ1) is 15.9. The summed E-state index contributed by atoms with van der Waals surface area (Å²) < 4.78 is 1.80. The summed E-state index contributed by atoms with van der Waals surface area (Å²) in [6.45, 7) is 6.51. The number of anilines is 2. The molecular formula is C22H30N10O. The van der Waals surface area contributed by atoms with Crippen LogP contribution in [0.25, 0.3) is 5.52 Å². The Morgan fingerprint density at radius 2 is 2.06 bits per heavy atom. The number of hydrogen-bond donors (Lipinski definition) is 4. The van der Waals surface area contributed by atoms with Crippen molar-refractivity contribution in [2.24, 2.45) is 26.9 Å². The van der Waals surface area contributed by atoms with Gasteiger partial charge in [0.1, 0.15) is 17.6 Å². The highest BCUT2D eigenvalue weighted by molar-refractivity contribution is 5.98. The molecule has 1 aliphatic rings. The van der Waals surface area contributed by atoms with E-state index in [-0.39, 0.29) is 23.7 Å². The van der Waals surface area contributed by atoms with Crippen LogP contribution in [0.5, 0.6) is 5.75 Å². The molecule has 0 aliphatic carbocycles. The zero-order valence-electron chi connectivity index (χ0n) is 18.9. The van der Waals surface area contributed by atoms with E-state index < -0.39 is 0 Å². The van der Waals surface area contributed by atoms with E-state index in [2.05, 4.69) is 41.8 Å². The third kappa shape index (κ3) is 5.62. The molecule has 3 aromatic rings. The van der Waals surface area contributed by atoms with E-state index in [1.165, 1.54) is 12.4 Å². The maximum atomic E-state index is 10.2. The van der Waals surface area contributed by atoms with Gasteiger partial charge in [0.25, 0.3) is 0 Å². The van der Waals surface area contributed by atoms with Crippen LogP contribution in [0.2, 0.25) is 0 Å². The van der Waals surface area contributed by atoms with Gasteiger partial charge >= 0.3 is 0 Å². The lowest BCUT2D eigenvalue weighted by Crippen LogP contribution is -2.39. The minimum atomic E-state index is 0.0149. The largest absolute Gasteiger partial charge is 0.508 e. The van der Waals surface area contributed by atoms with Crippen LogP contribution >= 0.6 is 0 Å². The molecule has 0 bridgehead atoms. The fourth-order valence-electron chi connectivity index (χ4n) is 3.79.